The molecule has 0 aromatic carbocycles. The Morgan fingerprint density at radius 3 is 2.23 bits per heavy atom. The number of ketones is 1. The van der Waals surface area contributed by atoms with Crippen LogP contribution in [0.1, 0.15) is 27.7 Å². The Hall–Kier alpha value is -0.0200. The average Bonchev–Trinajstić information content (AvgIpc) is 2.01. The van der Waals surface area contributed by atoms with E-state index < -0.39 is 0 Å². The van der Waals surface area contributed by atoms with E-state index in [0.717, 1.165) is 13.1 Å². The number of carbonyl (C=O) groups excluding carboxylic acids is 1. The highest BCUT2D eigenvalue weighted by atomic mass is 32.2. The molecule has 0 bridgehead atoms. The molecular weight excluding hydrogens is 182 g/mol. The van der Waals surface area contributed by atoms with E-state index in [1.807, 2.05) is 18.7 Å². The standard InChI is InChI=1S/C10H19NOS/c1-7-5-11(6-8(2)13-7)9(3)10(4)12/h7-9H,5-6H2,1-4H3. The van der Waals surface area contributed by atoms with Crippen molar-refractivity contribution >= 4 is 17.5 Å². The van der Waals surface area contributed by atoms with Crippen molar-refractivity contribution in [2.45, 2.75) is 44.2 Å². The molecule has 3 atom stereocenters. The second kappa shape index (κ2) is 4.47. The van der Waals surface area contributed by atoms with Crippen LogP contribution >= 0.6 is 11.8 Å². The van der Waals surface area contributed by atoms with Crippen molar-refractivity contribution in [1.82, 2.24) is 4.90 Å². The van der Waals surface area contributed by atoms with E-state index >= 15 is 0 Å². The average molecular weight is 201 g/mol. The molecule has 0 spiro atoms. The van der Waals surface area contributed by atoms with Crippen molar-refractivity contribution in [2.24, 2.45) is 0 Å². The molecule has 1 rings (SSSR count). The number of Topliss-reactive ketones (excluding diaryl/α,β-unsaturated/α-hetero) is 1. The molecule has 1 heterocycles. The lowest BCUT2D eigenvalue weighted by Crippen LogP contribution is -2.47. The molecule has 0 saturated carbocycles. The van der Waals surface area contributed by atoms with Crippen molar-refractivity contribution in [2.75, 3.05) is 13.1 Å². The first kappa shape index (κ1) is 11.1. The van der Waals surface area contributed by atoms with Crippen molar-refractivity contribution in [3.05, 3.63) is 0 Å². The van der Waals surface area contributed by atoms with Gasteiger partial charge in [0.05, 0.1) is 6.04 Å². The Labute approximate surface area is 85.1 Å². The highest BCUT2D eigenvalue weighted by Gasteiger charge is 2.27. The quantitative estimate of drug-likeness (QED) is 0.679. The van der Waals surface area contributed by atoms with Crippen molar-refractivity contribution in [3.8, 4) is 0 Å². The zero-order chi connectivity index (χ0) is 10.0. The lowest BCUT2D eigenvalue weighted by atomic mass is 10.2. The maximum atomic E-state index is 11.2. The van der Waals surface area contributed by atoms with Gasteiger partial charge in [-0.2, -0.15) is 11.8 Å². The maximum Gasteiger partial charge on any atom is 0.146 e. The van der Waals surface area contributed by atoms with Gasteiger partial charge in [0.2, 0.25) is 0 Å². The lowest BCUT2D eigenvalue weighted by Gasteiger charge is -2.37. The maximum absolute atomic E-state index is 11.2. The van der Waals surface area contributed by atoms with Gasteiger partial charge in [-0.15, -0.1) is 0 Å². The summed E-state index contributed by atoms with van der Waals surface area (Å²) in [5.41, 5.74) is 0. The molecule has 0 aromatic heterocycles. The van der Waals surface area contributed by atoms with Gasteiger partial charge in [0, 0.05) is 23.6 Å². The molecule has 2 nitrogen and oxygen atoms in total. The third kappa shape index (κ3) is 2.99. The number of thioether (sulfide) groups is 1. The van der Waals surface area contributed by atoms with Crippen molar-refractivity contribution < 1.29 is 4.79 Å². The molecular formula is C10H19NOS. The Balaban J connectivity index is 2.54. The summed E-state index contributed by atoms with van der Waals surface area (Å²) >= 11 is 2.02. The van der Waals surface area contributed by atoms with Crippen LogP contribution < -0.4 is 0 Å². The summed E-state index contributed by atoms with van der Waals surface area (Å²) in [6.07, 6.45) is 0. The van der Waals surface area contributed by atoms with Gasteiger partial charge in [-0.3, -0.25) is 9.69 Å². The van der Waals surface area contributed by atoms with Crippen LogP contribution in [-0.2, 0) is 4.79 Å². The van der Waals surface area contributed by atoms with E-state index in [1.165, 1.54) is 0 Å². The van der Waals surface area contributed by atoms with E-state index in [2.05, 4.69) is 18.7 Å². The Morgan fingerprint density at radius 2 is 1.85 bits per heavy atom. The largest absolute Gasteiger partial charge is 0.298 e. The molecule has 76 valence electrons. The van der Waals surface area contributed by atoms with Crippen LogP contribution in [0, 0.1) is 0 Å². The zero-order valence-corrected chi connectivity index (χ0v) is 9.73. The van der Waals surface area contributed by atoms with Gasteiger partial charge in [-0.1, -0.05) is 13.8 Å². The molecule has 3 unspecified atom stereocenters. The summed E-state index contributed by atoms with van der Waals surface area (Å²) in [5.74, 6) is 0.284. The van der Waals surface area contributed by atoms with Gasteiger partial charge in [0.1, 0.15) is 5.78 Å². The second-order valence-corrected chi connectivity index (χ2v) is 5.88. The van der Waals surface area contributed by atoms with Crippen LogP contribution in [0.4, 0.5) is 0 Å². The van der Waals surface area contributed by atoms with E-state index in [0.29, 0.717) is 10.5 Å². The second-order valence-electron chi connectivity index (χ2n) is 4.00. The fourth-order valence-corrected chi connectivity index (χ4v) is 3.14. The monoisotopic (exact) mass is 201 g/mol. The first-order chi connectivity index (χ1) is 6.00. The van der Waals surface area contributed by atoms with Crippen LogP contribution in [0.15, 0.2) is 0 Å². The molecule has 0 aliphatic carbocycles. The normalized spacial score (nSPS) is 32.9. The van der Waals surface area contributed by atoms with E-state index in [1.54, 1.807) is 6.92 Å². The first-order valence-electron chi connectivity index (χ1n) is 4.90. The van der Waals surface area contributed by atoms with Crippen molar-refractivity contribution in [1.29, 1.82) is 0 Å². The van der Waals surface area contributed by atoms with Gasteiger partial charge in [0.25, 0.3) is 0 Å². The molecule has 0 N–H and O–H groups in total. The van der Waals surface area contributed by atoms with Gasteiger partial charge in [-0.25, -0.2) is 0 Å². The number of carbonyl (C=O) groups is 1. The van der Waals surface area contributed by atoms with E-state index in [4.69, 9.17) is 0 Å². The summed E-state index contributed by atoms with van der Waals surface area (Å²) in [6.45, 7) is 10.3. The van der Waals surface area contributed by atoms with Crippen LogP contribution in [0.2, 0.25) is 0 Å². The molecule has 1 fully saturated rings. The van der Waals surface area contributed by atoms with Gasteiger partial charge in [0.15, 0.2) is 0 Å². The topological polar surface area (TPSA) is 20.3 Å². The molecule has 13 heavy (non-hydrogen) atoms. The molecule has 1 aliphatic heterocycles. The van der Waals surface area contributed by atoms with E-state index in [-0.39, 0.29) is 11.8 Å². The number of hydrogen-bond acceptors (Lipinski definition) is 3. The predicted molar refractivity (Wildman–Crippen MR) is 58.2 cm³/mol. The van der Waals surface area contributed by atoms with Crippen LogP contribution in [-0.4, -0.2) is 40.3 Å². The molecule has 0 radical (unpaired) electrons. The first-order valence-corrected chi connectivity index (χ1v) is 5.85. The summed E-state index contributed by atoms with van der Waals surface area (Å²) in [6, 6.07) is 0.103. The highest BCUT2D eigenvalue weighted by molar-refractivity contribution is 8.00. The summed E-state index contributed by atoms with van der Waals surface area (Å²) in [4.78, 5) is 13.5. The Bertz CT molecular complexity index is 185. The summed E-state index contributed by atoms with van der Waals surface area (Å²) < 4.78 is 0. The predicted octanol–water partition coefficient (Wildman–Crippen LogP) is 1.79. The minimum absolute atomic E-state index is 0.103. The van der Waals surface area contributed by atoms with Crippen LogP contribution in [0.3, 0.4) is 0 Å². The molecule has 1 aliphatic rings. The third-order valence-electron chi connectivity index (χ3n) is 2.58. The molecule has 3 heteroatoms. The van der Waals surface area contributed by atoms with Gasteiger partial charge in [-0.05, 0) is 13.8 Å². The number of hydrogen-bond donors (Lipinski definition) is 0. The fraction of sp³-hybridized carbons (Fsp3) is 0.900. The summed E-state index contributed by atoms with van der Waals surface area (Å²) in [7, 11) is 0. The Kier molecular flexibility index (Phi) is 3.80. The molecule has 1 saturated heterocycles. The van der Waals surface area contributed by atoms with Crippen LogP contribution in [0.25, 0.3) is 0 Å². The van der Waals surface area contributed by atoms with Crippen molar-refractivity contribution in [3.63, 3.8) is 0 Å². The SMILES string of the molecule is CC(=O)C(C)N1CC(C)SC(C)C1. The Morgan fingerprint density at radius 1 is 1.38 bits per heavy atom. The smallest absolute Gasteiger partial charge is 0.146 e. The molecule has 0 aromatic rings. The number of rotatable bonds is 2. The minimum atomic E-state index is 0.103. The fourth-order valence-electron chi connectivity index (χ4n) is 1.79. The zero-order valence-electron chi connectivity index (χ0n) is 8.91. The van der Waals surface area contributed by atoms with Crippen LogP contribution in [0.5, 0.6) is 0 Å². The van der Waals surface area contributed by atoms with E-state index in [9.17, 15) is 4.79 Å². The number of nitrogens with zero attached hydrogens (tertiary/aromatic N) is 1. The molecule has 0 amide bonds. The minimum Gasteiger partial charge on any atom is -0.298 e. The lowest BCUT2D eigenvalue weighted by molar-refractivity contribution is -0.121. The summed E-state index contributed by atoms with van der Waals surface area (Å²) in [5, 5.41) is 1.32. The third-order valence-corrected chi connectivity index (χ3v) is 3.81. The highest BCUT2D eigenvalue weighted by Crippen LogP contribution is 2.25. The van der Waals surface area contributed by atoms with Gasteiger partial charge < -0.3 is 0 Å². The van der Waals surface area contributed by atoms with Gasteiger partial charge >= 0.3 is 0 Å².